The summed E-state index contributed by atoms with van der Waals surface area (Å²) in [5.41, 5.74) is 4.04. The van der Waals surface area contributed by atoms with Gasteiger partial charge in [-0.15, -0.1) is 0 Å². The summed E-state index contributed by atoms with van der Waals surface area (Å²) in [7, 11) is 1.63. The van der Waals surface area contributed by atoms with Gasteiger partial charge in [-0.05, 0) is 45.0 Å². The lowest BCUT2D eigenvalue weighted by Crippen LogP contribution is -2.29. The fourth-order valence-electron chi connectivity index (χ4n) is 3.28. The Labute approximate surface area is 167 Å². The highest BCUT2D eigenvalue weighted by Gasteiger charge is 2.19. The molecule has 0 radical (unpaired) electrons. The van der Waals surface area contributed by atoms with E-state index in [2.05, 4.69) is 20.1 Å². The van der Waals surface area contributed by atoms with Crippen LogP contribution in [0, 0.1) is 11.3 Å². The molecule has 1 heterocycles. The van der Waals surface area contributed by atoms with E-state index in [1.165, 1.54) is 0 Å². The van der Waals surface area contributed by atoms with Gasteiger partial charge in [0.1, 0.15) is 11.8 Å². The fourth-order valence-corrected chi connectivity index (χ4v) is 4.11. The summed E-state index contributed by atoms with van der Waals surface area (Å²) in [4.78, 5) is 0. The lowest BCUT2D eigenvalue weighted by atomic mass is 10.1. The first-order valence-corrected chi connectivity index (χ1v) is 10.3. The van der Waals surface area contributed by atoms with Crippen LogP contribution in [-0.2, 0) is 17.7 Å². The van der Waals surface area contributed by atoms with Crippen LogP contribution >= 0.6 is 0 Å². The highest BCUT2D eigenvalue weighted by atomic mass is 32.2. The van der Waals surface area contributed by atoms with Crippen LogP contribution in [0.5, 0.6) is 5.75 Å². The molecule has 7 heteroatoms. The van der Waals surface area contributed by atoms with Crippen molar-refractivity contribution in [2.75, 3.05) is 11.8 Å². The monoisotopic (exact) mass is 396 g/mol. The number of rotatable bonds is 7. The van der Waals surface area contributed by atoms with E-state index in [1.807, 2.05) is 63.2 Å². The molecule has 0 bridgehead atoms. The number of ether oxygens (including phenoxy) is 1. The van der Waals surface area contributed by atoms with Crippen molar-refractivity contribution in [3.63, 3.8) is 0 Å². The third-order valence-electron chi connectivity index (χ3n) is 4.39. The SMILES string of the molecule is CCn1c(-c2cccc(NS(=O)NC(C)C)c2)c(C#N)c2ccc(OC)cc21. The van der Waals surface area contributed by atoms with Crippen molar-refractivity contribution in [3.8, 4) is 23.1 Å². The summed E-state index contributed by atoms with van der Waals surface area (Å²) in [5.74, 6) is 0.751. The molecule has 0 fully saturated rings. The molecule has 1 atom stereocenters. The van der Waals surface area contributed by atoms with Gasteiger partial charge < -0.3 is 9.30 Å². The number of methoxy groups -OCH3 is 1. The molecule has 0 aliphatic heterocycles. The zero-order chi connectivity index (χ0) is 20.3. The van der Waals surface area contributed by atoms with E-state index in [4.69, 9.17) is 4.74 Å². The van der Waals surface area contributed by atoms with Crippen molar-refractivity contribution >= 4 is 27.8 Å². The number of aryl methyl sites for hydroxylation is 1. The van der Waals surface area contributed by atoms with Crippen molar-refractivity contribution in [3.05, 3.63) is 48.0 Å². The second-order valence-electron chi connectivity index (χ2n) is 6.69. The molecule has 3 aromatic rings. The normalized spacial score (nSPS) is 12.1. The minimum Gasteiger partial charge on any atom is -0.497 e. The van der Waals surface area contributed by atoms with Crippen molar-refractivity contribution < 1.29 is 8.95 Å². The van der Waals surface area contributed by atoms with E-state index < -0.39 is 11.2 Å². The number of anilines is 1. The highest BCUT2D eigenvalue weighted by molar-refractivity contribution is 7.84. The molecule has 146 valence electrons. The van der Waals surface area contributed by atoms with E-state index in [-0.39, 0.29) is 6.04 Å². The summed E-state index contributed by atoms with van der Waals surface area (Å²) in [6, 6.07) is 15.8. The van der Waals surface area contributed by atoms with Crippen LogP contribution in [-0.4, -0.2) is 21.9 Å². The van der Waals surface area contributed by atoms with Gasteiger partial charge in [0, 0.05) is 35.3 Å². The second-order valence-corrected chi connectivity index (χ2v) is 7.66. The fraction of sp³-hybridized carbons (Fsp3) is 0.286. The molecule has 2 N–H and O–H groups in total. The van der Waals surface area contributed by atoms with E-state index in [0.717, 1.165) is 33.6 Å². The predicted molar refractivity (Wildman–Crippen MR) is 114 cm³/mol. The molecule has 1 aromatic heterocycles. The molecular formula is C21H24N4O2S. The van der Waals surface area contributed by atoms with Crippen LogP contribution in [0.4, 0.5) is 5.69 Å². The van der Waals surface area contributed by atoms with E-state index in [1.54, 1.807) is 7.11 Å². The van der Waals surface area contributed by atoms with Crippen LogP contribution in [0.3, 0.4) is 0 Å². The van der Waals surface area contributed by atoms with E-state index in [9.17, 15) is 9.47 Å². The van der Waals surface area contributed by atoms with Crippen molar-refractivity contribution in [1.82, 2.24) is 9.29 Å². The lowest BCUT2D eigenvalue weighted by molar-refractivity contribution is 0.415. The molecule has 0 aliphatic carbocycles. The Kier molecular flexibility index (Phi) is 6.02. The number of nitriles is 1. The second kappa shape index (κ2) is 8.46. The maximum Gasteiger partial charge on any atom is 0.193 e. The minimum atomic E-state index is -1.39. The molecule has 0 saturated heterocycles. The summed E-state index contributed by atoms with van der Waals surface area (Å²) in [6.07, 6.45) is 0. The van der Waals surface area contributed by atoms with E-state index >= 15 is 0 Å². The molecule has 0 spiro atoms. The average molecular weight is 397 g/mol. The Morgan fingerprint density at radius 3 is 2.68 bits per heavy atom. The van der Waals surface area contributed by atoms with Crippen molar-refractivity contribution in [2.24, 2.45) is 0 Å². The topological polar surface area (TPSA) is 79.1 Å². The van der Waals surface area contributed by atoms with Crippen molar-refractivity contribution in [1.29, 1.82) is 5.26 Å². The zero-order valence-electron chi connectivity index (χ0n) is 16.4. The number of hydrogen-bond acceptors (Lipinski definition) is 3. The smallest absolute Gasteiger partial charge is 0.193 e. The molecule has 1 unspecified atom stereocenters. The largest absolute Gasteiger partial charge is 0.497 e. The highest BCUT2D eigenvalue weighted by Crippen LogP contribution is 2.36. The molecule has 6 nitrogen and oxygen atoms in total. The molecule has 0 saturated carbocycles. The maximum absolute atomic E-state index is 12.1. The molecule has 0 aliphatic rings. The molecule has 3 rings (SSSR count). The number of nitrogens with one attached hydrogen (secondary N) is 2. The summed E-state index contributed by atoms with van der Waals surface area (Å²) in [5, 5.41) is 10.8. The van der Waals surface area contributed by atoms with Crippen LogP contribution < -0.4 is 14.2 Å². The Morgan fingerprint density at radius 2 is 2.04 bits per heavy atom. The molecule has 28 heavy (non-hydrogen) atoms. The maximum atomic E-state index is 12.1. The lowest BCUT2D eigenvalue weighted by Gasteiger charge is -2.12. The number of fused-ring (bicyclic) bond motifs is 1. The number of hydrogen-bond donors (Lipinski definition) is 2. The molecule has 0 amide bonds. The van der Waals surface area contributed by atoms with Crippen LogP contribution in [0.25, 0.3) is 22.2 Å². The predicted octanol–water partition coefficient (Wildman–Crippen LogP) is 4.20. The van der Waals surface area contributed by atoms with Gasteiger partial charge in [-0.25, -0.2) is 8.93 Å². The van der Waals surface area contributed by atoms with Gasteiger partial charge in [-0.1, -0.05) is 12.1 Å². The quantitative estimate of drug-likeness (QED) is 0.628. The first-order chi connectivity index (χ1) is 13.5. The third kappa shape index (κ3) is 3.88. The van der Waals surface area contributed by atoms with Gasteiger partial charge in [0.2, 0.25) is 0 Å². The summed E-state index contributed by atoms with van der Waals surface area (Å²) in [6.45, 7) is 6.62. The van der Waals surface area contributed by atoms with Crippen LogP contribution in [0.2, 0.25) is 0 Å². The standard InChI is InChI=1S/C21H24N4O2S/c1-5-25-20-12-17(27-4)9-10-18(20)19(13-22)21(25)15-7-6-8-16(11-15)24-28(26)23-14(2)3/h6-12,14,23-24H,5H2,1-4H3. The summed E-state index contributed by atoms with van der Waals surface area (Å²) < 4.78 is 25.5. The average Bonchev–Trinajstić information content (AvgIpc) is 2.99. The van der Waals surface area contributed by atoms with E-state index in [0.29, 0.717) is 12.1 Å². The zero-order valence-corrected chi connectivity index (χ0v) is 17.3. The van der Waals surface area contributed by atoms with Gasteiger partial charge in [0.25, 0.3) is 0 Å². The Hall–Kier alpha value is -2.82. The van der Waals surface area contributed by atoms with Crippen LogP contribution in [0.1, 0.15) is 26.3 Å². The first-order valence-electron chi connectivity index (χ1n) is 9.13. The van der Waals surface area contributed by atoms with Gasteiger partial charge in [0.15, 0.2) is 11.2 Å². The first kappa shape index (κ1) is 19.9. The Balaban J connectivity index is 2.12. The van der Waals surface area contributed by atoms with Crippen LogP contribution in [0.15, 0.2) is 42.5 Å². The van der Waals surface area contributed by atoms with Gasteiger partial charge in [-0.3, -0.25) is 4.72 Å². The van der Waals surface area contributed by atoms with Gasteiger partial charge in [0.05, 0.1) is 23.9 Å². The number of aromatic nitrogens is 1. The summed E-state index contributed by atoms with van der Waals surface area (Å²) >= 11 is -1.39. The third-order valence-corrected chi connectivity index (χ3v) is 5.50. The number of nitrogens with zero attached hydrogens (tertiary/aromatic N) is 2. The van der Waals surface area contributed by atoms with Gasteiger partial charge >= 0.3 is 0 Å². The van der Waals surface area contributed by atoms with Gasteiger partial charge in [-0.2, -0.15) is 5.26 Å². The Morgan fingerprint density at radius 1 is 1.25 bits per heavy atom. The minimum absolute atomic E-state index is 0.0966. The molecule has 2 aromatic carbocycles. The van der Waals surface area contributed by atoms with Crippen molar-refractivity contribution in [2.45, 2.75) is 33.4 Å². The Bertz CT molecular complexity index is 1070. The number of benzene rings is 2. The molecular weight excluding hydrogens is 372 g/mol.